The first-order chi connectivity index (χ1) is 6.66. The van der Waals surface area contributed by atoms with Gasteiger partial charge in [0.25, 0.3) is 0 Å². The molecule has 0 fully saturated rings. The average molecular weight is 255 g/mol. The first-order valence-electron chi connectivity index (χ1n) is 3.83. The van der Waals surface area contributed by atoms with Crippen molar-refractivity contribution in [1.82, 2.24) is 24.7 Å². The van der Waals surface area contributed by atoms with Gasteiger partial charge in [-0.25, -0.2) is 15.0 Å². The van der Waals surface area contributed by atoms with Gasteiger partial charge in [0.1, 0.15) is 16.8 Å². The SMILES string of the molecule is Cc1ncn(-c2nc(Br)cnc2N)n1. The lowest BCUT2D eigenvalue weighted by Gasteiger charge is -2.02. The average Bonchev–Trinajstić information content (AvgIpc) is 2.56. The highest BCUT2D eigenvalue weighted by atomic mass is 79.9. The summed E-state index contributed by atoms with van der Waals surface area (Å²) in [6, 6.07) is 0. The van der Waals surface area contributed by atoms with E-state index in [2.05, 4.69) is 36.0 Å². The highest BCUT2D eigenvalue weighted by molar-refractivity contribution is 9.10. The predicted molar refractivity (Wildman–Crippen MR) is 53.8 cm³/mol. The topological polar surface area (TPSA) is 82.5 Å². The van der Waals surface area contributed by atoms with E-state index in [0.717, 1.165) is 0 Å². The van der Waals surface area contributed by atoms with Crippen molar-refractivity contribution < 1.29 is 0 Å². The quantitative estimate of drug-likeness (QED) is 0.811. The van der Waals surface area contributed by atoms with E-state index in [0.29, 0.717) is 22.1 Å². The molecule has 0 radical (unpaired) electrons. The largest absolute Gasteiger partial charge is 0.381 e. The molecule has 0 bridgehead atoms. The van der Waals surface area contributed by atoms with E-state index in [4.69, 9.17) is 5.73 Å². The van der Waals surface area contributed by atoms with Gasteiger partial charge < -0.3 is 5.73 Å². The van der Waals surface area contributed by atoms with Crippen LogP contribution in [0.2, 0.25) is 0 Å². The van der Waals surface area contributed by atoms with Crippen molar-refractivity contribution in [3.05, 3.63) is 23.0 Å². The molecule has 0 aromatic carbocycles. The molecule has 2 aromatic rings. The van der Waals surface area contributed by atoms with Gasteiger partial charge in [0.15, 0.2) is 11.6 Å². The Morgan fingerprint density at radius 3 is 2.86 bits per heavy atom. The Balaban J connectivity index is 2.55. The van der Waals surface area contributed by atoms with Crippen molar-refractivity contribution >= 4 is 21.7 Å². The number of anilines is 1. The van der Waals surface area contributed by atoms with Crippen LogP contribution >= 0.6 is 15.9 Å². The lowest BCUT2D eigenvalue weighted by atomic mass is 10.6. The molecule has 0 aliphatic rings. The second kappa shape index (κ2) is 3.33. The first kappa shape index (κ1) is 9.07. The molecular formula is C7H7BrN6. The van der Waals surface area contributed by atoms with Crippen molar-refractivity contribution in [2.24, 2.45) is 0 Å². The van der Waals surface area contributed by atoms with Crippen molar-refractivity contribution in [3.8, 4) is 5.82 Å². The Labute approximate surface area is 88.3 Å². The Morgan fingerprint density at radius 2 is 2.21 bits per heavy atom. The van der Waals surface area contributed by atoms with E-state index < -0.39 is 0 Å². The van der Waals surface area contributed by atoms with Crippen LogP contribution in [0.3, 0.4) is 0 Å². The highest BCUT2D eigenvalue weighted by Crippen LogP contribution is 2.13. The second-order valence-electron chi connectivity index (χ2n) is 2.64. The minimum Gasteiger partial charge on any atom is -0.381 e. The summed E-state index contributed by atoms with van der Waals surface area (Å²) in [5.74, 6) is 1.45. The third kappa shape index (κ3) is 1.58. The van der Waals surface area contributed by atoms with Gasteiger partial charge in [-0.3, -0.25) is 0 Å². The van der Waals surface area contributed by atoms with E-state index in [1.165, 1.54) is 10.9 Å². The van der Waals surface area contributed by atoms with Crippen LogP contribution in [0.5, 0.6) is 0 Å². The number of aromatic nitrogens is 5. The fourth-order valence-corrected chi connectivity index (χ4v) is 1.25. The van der Waals surface area contributed by atoms with Crippen LogP contribution in [0, 0.1) is 6.92 Å². The highest BCUT2D eigenvalue weighted by Gasteiger charge is 2.07. The molecule has 0 amide bonds. The van der Waals surface area contributed by atoms with Crippen LogP contribution < -0.4 is 5.73 Å². The summed E-state index contributed by atoms with van der Waals surface area (Å²) >= 11 is 3.21. The monoisotopic (exact) mass is 254 g/mol. The van der Waals surface area contributed by atoms with Gasteiger partial charge in [0, 0.05) is 0 Å². The molecule has 0 saturated carbocycles. The number of hydrogen-bond acceptors (Lipinski definition) is 5. The molecule has 72 valence electrons. The summed E-state index contributed by atoms with van der Waals surface area (Å²) in [5, 5.41) is 4.09. The molecule has 0 atom stereocenters. The number of aryl methyl sites for hydroxylation is 1. The van der Waals surface area contributed by atoms with E-state index in [1.807, 2.05) is 0 Å². The molecule has 2 N–H and O–H groups in total. The van der Waals surface area contributed by atoms with Gasteiger partial charge in [-0.1, -0.05) is 0 Å². The third-order valence-corrected chi connectivity index (χ3v) is 1.96. The lowest BCUT2D eigenvalue weighted by Crippen LogP contribution is -2.05. The van der Waals surface area contributed by atoms with Crippen LogP contribution in [0.15, 0.2) is 17.1 Å². The van der Waals surface area contributed by atoms with Crippen LogP contribution in [-0.4, -0.2) is 24.7 Å². The molecule has 2 rings (SSSR count). The summed E-state index contributed by atoms with van der Waals surface area (Å²) in [6.07, 6.45) is 3.07. The maximum Gasteiger partial charge on any atom is 0.198 e. The summed E-state index contributed by atoms with van der Waals surface area (Å²) in [6.45, 7) is 1.79. The number of nitrogens with zero attached hydrogens (tertiary/aromatic N) is 5. The van der Waals surface area contributed by atoms with Crippen LogP contribution in [-0.2, 0) is 0 Å². The minimum atomic E-state index is 0.318. The maximum atomic E-state index is 5.65. The molecule has 0 spiro atoms. The zero-order valence-electron chi connectivity index (χ0n) is 7.35. The molecule has 0 unspecified atom stereocenters. The molecule has 14 heavy (non-hydrogen) atoms. The Hall–Kier alpha value is -1.50. The lowest BCUT2D eigenvalue weighted by molar-refractivity contribution is 0.824. The zero-order valence-corrected chi connectivity index (χ0v) is 8.93. The fourth-order valence-electron chi connectivity index (χ4n) is 0.984. The van der Waals surface area contributed by atoms with Crippen LogP contribution in [0.4, 0.5) is 5.82 Å². The summed E-state index contributed by atoms with van der Waals surface area (Å²) in [7, 11) is 0. The second-order valence-corrected chi connectivity index (χ2v) is 3.45. The third-order valence-electron chi connectivity index (χ3n) is 1.58. The van der Waals surface area contributed by atoms with E-state index in [1.54, 1.807) is 13.3 Å². The number of halogens is 1. The molecule has 2 aromatic heterocycles. The Bertz CT molecular complexity index is 465. The number of hydrogen-bond donors (Lipinski definition) is 1. The number of rotatable bonds is 1. The van der Waals surface area contributed by atoms with Crippen molar-refractivity contribution in [3.63, 3.8) is 0 Å². The molecule has 6 nitrogen and oxygen atoms in total. The molecular weight excluding hydrogens is 248 g/mol. The fraction of sp³-hybridized carbons (Fsp3) is 0.143. The van der Waals surface area contributed by atoms with Crippen molar-refractivity contribution in [2.75, 3.05) is 5.73 Å². The molecule has 0 aliphatic carbocycles. The normalized spacial score (nSPS) is 10.4. The molecule has 0 aliphatic heterocycles. The predicted octanol–water partition coefficient (Wildman–Crippen LogP) is 0.710. The van der Waals surface area contributed by atoms with Gasteiger partial charge in [0.2, 0.25) is 0 Å². The molecule has 2 heterocycles. The van der Waals surface area contributed by atoms with E-state index in [-0.39, 0.29) is 0 Å². The summed E-state index contributed by atoms with van der Waals surface area (Å²) < 4.78 is 2.09. The molecule has 7 heteroatoms. The van der Waals surface area contributed by atoms with Gasteiger partial charge in [-0.2, -0.15) is 9.78 Å². The van der Waals surface area contributed by atoms with Crippen LogP contribution in [0.25, 0.3) is 5.82 Å². The van der Waals surface area contributed by atoms with Crippen LogP contribution in [0.1, 0.15) is 5.82 Å². The van der Waals surface area contributed by atoms with Gasteiger partial charge in [-0.05, 0) is 22.9 Å². The summed E-state index contributed by atoms with van der Waals surface area (Å²) in [5.41, 5.74) is 5.65. The van der Waals surface area contributed by atoms with Gasteiger partial charge in [-0.15, -0.1) is 0 Å². The number of nitrogen functional groups attached to an aromatic ring is 1. The van der Waals surface area contributed by atoms with Crippen molar-refractivity contribution in [2.45, 2.75) is 6.92 Å². The maximum absolute atomic E-state index is 5.65. The number of nitrogens with two attached hydrogens (primary N) is 1. The van der Waals surface area contributed by atoms with E-state index >= 15 is 0 Å². The zero-order chi connectivity index (χ0) is 10.1. The standard InChI is InChI=1S/C7H7BrN6/c1-4-11-3-14(13-4)7-6(9)10-2-5(8)12-7/h2-3H,1H3,(H2,9,10). The Kier molecular flexibility index (Phi) is 2.16. The van der Waals surface area contributed by atoms with E-state index in [9.17, 15) is 0 Å². The van der Waals surface area contributed by atoms with Gasteiger partial charge >= 0.3 is 0 Å². The smallest absolute Gasteiger partial charge is 0.198 e. The molecule has 0 saturated heterocycles. The minimum absolute atomic E-state index is 0.318. The van der Waals surface area contributed by atoms with Crippen molar-refractivity contribution in [1.29, 1.82) is 0 Å². The Morgan fingerprint density at radius 1 is 1.43 bits per heavy atom. The van der Waals surface area contributed by atoms with Gasteiger partial charge in [0.05, 0.1) is 6.20 Å². The first-order valence-corrected chi connectivity index (χ1v) is 4.63. The summed E-state index contributed by atoms with van der Waals surface area (Å²) in [4.78, 5) is 12.1.